The van der Waals surface area contributed by atoms with Crippen LogP contribution in [0.3, 0.4) is 0 Å². The van der Waals surface area contributed by atoms with Crippen molar-refractivity contribution in [2.75, 3.05) is 4.90 Å². The van der Waals surface area contributed by atoms with Crippen LogP contribution in [0.25, 0.3) is 86.3 Å². The maximum atomic E-state index is 6.43. The fraction of sp³-hybridized carbons (Fsp3) is 0. The van der Waals surface area contributed by atoms with Crippen LogP contribution in [-0.2, 0) is 0 Å². The standard InChI is InChI=1S/C52H33NOS/c1-2-13-40-36(11-1)12-9-17-41(40)37-25-23-34(24-26-37)35-27-30-39(31-28-35)53(47-19-10-21-49-52(47)44-16-4-7-20-48(44)54-49)46-18-6-3-14-42(46)38-29-32-51-45(33-38)43-15-5-8-22-50(43)55-51/h1-33H. The van der Waals surface area contributed by atoms with Gasteiger partial charge in [-0.2, -0.15) is 0 Å². The summed E-state index contributed by atoms with van der Waals surface area (Å²) < 4.78 is 9.04. The number of furan rings is 1. The lowest BCUT2D eigenvalue weighted by molar-refractivity contribution is 0.669. The highest BCUT2D eigenvalue weighted by molar-refractivity contribution is 7.25. The molecule has 0 saturated heterocycles. The lowest BCUT2D eigenvalue weighted by atomic mass is 9.96. The topological polar surface area (TPSA) is 16.4 Å². The van der Waals surface area contributed by atoms with Gasteiger partial charge in [0.1, 0.15) is 11.2 Å². The normalized spacial score (nSPS) is 11.6. The first kappa shape index (κ1) is 31.6. The van der Waals surface area contributed by atoms with Crippen LogP contribution in [0.2, 0.25) is 0 Å². The van der Waals surface area contributed by atoms with Gasteiger partial charge < -0.3 is 9.32 Å². The second-order valence-electron chi connectivity index (χ2n) is 14.1. The molecule has 55 heavy (non-hydrogen) atoms. The van der Waals surface area contributed by atoms with E-state index in [-0.39, 0.29) is 0 Å². The number of hydrogen-bond donors (Lipinski definition) is 0. The molecule has 0 amide bonds. The highest BCUT2D eigenvalue weighted by Crippen LogP contribution is 2.47. The highest BCUT2D eigenvalue weighted by Gasteiger charge is 2.22. The van der Waals surface area contributed by atoms with Gasteiger partial charge in [-0.1, -0.05) is 146 Å². The average Bonchev–Trinajstić information content (AvgIpc) is 3.83. The summed E-state index contributed by atoms with van der Waals surface area (Å²) in [6.45, 7) is 0. The molecule has 11 aromatic rings. The minimum Gasteiger partial charge on any atom is -0.456 e. The van der Waals surface area contributed by atoms with Crippen LogP contribution in [-0.4, -0.2) is 0 Å². The van der Waals surface area contributed by atoms with E-state index < -0.39 is 0 Å². The summed E-state index contributed by atoms with van der Waals surface area (Å²) in [5.41, 5.74) is 12.2. The molecule has 0 N–H and O–H groups in total. The first-order valence-corrected chi connectivity index (χ1v) is 19.5. The van der Waals surface area contributed by atoms with E-state index in [0.29, 0.717) is 0 Å². The van der Waals surface area contributed by atoms with Gasteiger partial charge in [0, 0.05) is 36.8 Å². The van der Waals surface area contributed by atoms with Crippen molar-refractivity contribution in [2.45, 2.75) is 0 Å². The largest absolute Gasteiger partial charge is 0.456 e. The Hall–Kier alpha value is -6.94. The van der Waals surface area contributed by atoms with Crippen molar-refractivity contribution in [2.24, 2.45) is 0 Å². The van der Waals surface area contributed by atoms with E-state index in [9.17, 15) is 0 Å². The van der Waals surface area contributed by atoms with Crippen molar-refractivity contribution in [3.8, 4) is 33.4 Å². The van der Waals surface area contributed by atoms with Crippen LogP contribution in [0.1, 0.15) is 0 Å². The lowest BCUT2D eigenvalue weighted by Gasteiger charge is -2.28. The molecule has 11 rings (SSSR count). The van der Waals surface area contributed by atoms with Crippen LogP contribution in [0.15, 0.2) is 205 Å². The number of anilines is 3. The summed E-state index contributed by atoms with van der Waals surface area (Å²) in [4.78, 5) is 2.41. The molecule has 2 aromatic heterocycles. The number of para-hydroxylation sites is 2. The molecule has 0 bridgehead atoms. The summed E-state index contributed by atoms with van der Waals surface area (Å²) >= 11 is 1.85. The molecule has 0 radical (unpaired) electrons. The van der Waals surface area contributed by atoms with Crippen LogP contribution in [0.5, 0.6) is 0 Å². The summed E-state index contributed by atoms with van der Waals surface area (Å²) in [7, 11) is 0. The molecule has 0 aliphatic rings. The molecule has 0 unspecified atom stereocenters. The van der Waals surface area contributed by atoms with E-state index in [4.69, 9.17) is 4.42 Å². The van der Waals surface area contributed by atoms with Gasteiger partial charge in [-0.3, -0.25) is 0 Å². The van der Waals surface area contributed by atoms with E-state index in [2.05, 4.69) is 199 Å². The predicted octanol–water partition coefficient (Wildman–Crippen LogP) is 15.6. The third-order valence-corrected chi connectivity index (χ3v) is 12.1. The smallest absolute Gasteiger partial charge is 0.137 e. The molecule has 2 nitrogen and oxygen atoms in total. The second-order valence-corrected chi connectivity index (χ2v) is 15.1. The zero-order chi connectivity index (χ0) is 36.3. The van der Waals surface area contributed by atoms with Gasteiger partial charge in [0.05, 0.1) is 16.8 Å². The van der Waals surface area contributed by atoms with Crippen molar-refractivity contribution in [3.63, 3.8) is 0 Å². The summed E-state index contributed by atoms with van der Waals surface area (Å²) in [6, 6.07) is 72.2. The van der Waals surface area contributed by atoms with Gasteiger partial charge in [-0.25, -0.2) is 0 Å². The second kappa shape index (κ2) is 12.9. The molecular weight excluding hydrogens is 687 g/mol. The first-order chi connectivity index (χ1) is 27.3. The van der Waals surface area contributed by atoms with Crippen molar-refractivity contribution < 1.29 is 4.42 Å². The third kappa shape index (κ3) is 5.32. The van der Waals surface area contributed by atoms with Crippen LogP contribution < -0.4 is 4.90 Å². The van der Waals surface area contributed by atoms with Crippen LogP contribution in [0, 0.1) is 0 Å². The zero-order valence-electron chi connectivity index (χ0n) is 29.8. The van der Waals surface area contributed by atoms with E-state index in [1.165, 1.54) is 58.8 Å². The average molecular weight is 720 g/mol. The van der Waals surface area contributed by atoms with Crippen LogP contribution >= 0.6 is 11.3 Å². The zero-order valence-corrected chi connectivity index (χ0v) is 30.6. The molecule has 9 aromatic carbocycles. The molecule has 0 aliphatic heterocycles. The van der Waals surface area contributed by atoms with E-state index in [1.54, 1.807) is 0 Å². The molecule has 2 heterocycles. The predicted molar refractivity (Wildman–Crippen MR) is 235 cm³/mol. The molecular formula is C52H33NOS. The Labute approximate surface area is 322 Å². The Morgan fingerprint density at radius 1 is 0.364 bits per heavy atom. The van der Waals surface area contributed by atoms with Crippen LogP contribution in [0.4, 0.5) is 17.1 Å². The Bertz CT molecular complexity index is 3200. The van der Waals surface area contributed by atoms with E-state index >= 15 is 0 Å². The Kier molecular flexibility index (Phi) is 7.39. The van der Waals surface area contributed by atoms with Gasteiger partial charge >= 0.3 is 0 Å². The molecule has 0 fully saturated rings. The summed E-state index contributed by atoms with van der Waals surface area (Å²) in [6.07, 6.45) is 0. The van der Waals surface area contributed by atoms with Crippen molar-refractivity contribution >= 4 is 81.3 Å². The number of hydrogen-bond acceptors (Lipinski definition) is 3. The molecule has 0 atom stereocenters. The highest BCUT2D eigenvalue weighted by atomic mass is 32.1. The Balaban J connectivity index is 1.05. The monoisotopic (exact) mass is 719 g/mol. The molecule has 0 aliphatic carbocycles. The maximum absolute atomic E-state index is 6.43. The number of thiophene rings is 1. The molecule has 0 spiro atoms. The number of nitrogens with zero attached hydrogens (tertiary/aromatic N) is 1. The summed E-state index contributed by atoms with van der Waals surface area (Å²) in [5.74, 6) is 0. The van der Waals surface area contributed by atoms with Gasteiger partial charge in [0.15, 0.2) is 0 Å². The van der Waals surface area contributed by atoms with E-state index in [0.717, 1.165) is 44.6 Å². The van der Waals surface area contributed by atoms with Gasteiger partial charge in [-0.15, -0.1) is 11.3 Å². The van der Waals surface area contributed by atoms with Gasteiger partial charge in [-0.05, 0) is 93.2 Å². The third-order valence-electron chi connectivity index (χ3n) is 10.9. The first-order valence-electron chi connectivity index (χ1n) is 18.7. The lowest BCUT2D eigenvalue weighted by Crippen LogP contribution is -2.11. The Morgan fingerprint density at radius 3 is 1.82 bits per heavy atom. The van der Waals surface area contributed by atoms with E-state index in [1.807, 2.05) is 17.4 Å². The molecule has 0 saturated carbocycles. The van der Waals surface area contributed by atoms with Gasteiger partial charge in [0.25, 0.3) is 0 Å². The Morgan fingerprint density at radius 2 is 0.945 bits per heavy atom. The fourth-order valence-electron chi connectivity index (χ4n) is 8.28. The fourth-order valence-corrected chi connectivity index (χ4v) is 9.37. The minimum atomic E-state index is 0.871. The van der Waals surface area contributed by atoms with Crippen molar-refractivity contribution in [1.29, 1.82) is 0 Å². The van der Waals surface area contributed by atoms with Crippen molar-refractivity contribution in [3.05, 3.63) is 200 Å². The minimum absolute atomic E-state index is 0.871. The quantitative estimate of drug-likeness (QED) is 0.170. The molecule has 258 valence electrons. The van der Waals surface area contributed by atoms with Crippen molar-refractivity contribution in [1.82, 2.24) is 0 Å². The molecule has 3 heteroatoms. The summed E-state index contributed by atoms with van der Waals surface area (Å²) in [5, 5.41) is 7.31. The number of rotatable bonds is 6. The SMILES string of the molecule is c1ccc(N(c2ccc(-c3ccc(-c4cccc5ccccc45)cc3)cc2)c2cccc3oc4ccccc4c23)c(-c2ccc3sc4ccccc4c3c2)c1. The maximum Gasteiger partial charge on any atom is 0.137 e. The van der Waals surface area contributed by atoms with Gasteiger partial charge in [0.2, 0.25) is 0 Å². The number of benzene rings is 9. The number of fused-ring (bicyclic) bond motifs is 7.